The van der Waals surface area contributed by atoms with Crippen molar-refractivity contribution in [3.63, 3.8) is 0 Å². The fourth-order valence-electron chi connectivity index (χ4n) is 20.8. The maximum atomic E-state index is 5.16. The third-order valence-corrected chi connectivity index (χ3v) is 28.0. The topological polar surface area (TPSA) is 149 Å². The van der Waals surface area contributed by atoms with Crippen LogP contribution in [0.15, 0.2) is 522 Å². The molecule has 14 nitrogen and oxygen atoms in total. The minimum Gasteiger partial charge on any atom is -0.309 e. The summed E-state index contributed by atoms with van der Waals surface area (Å²) in [5.41, 5.74) is 33.2. The summed E-state index contributed by atoms with van der Waals surface area (Å²) in [6.07, 6.45) is 0. The van der Waals surface area contributed by atoms with Gasteiger partial charge in [-0.1, -0.05) is 364 Å². The molecule has 0 saturated heterocycles. The van der Waals surface area contributed by atoms with Crippen molar-refractivity contribution in [2.24, 2.45) is 0 Å². The van der Waals surface area contributed by atoms with Crippen molar-refractivity contribution >= 4 is 87.2 Å². The highest BCUT2D eigenvalue weighted by atomic mass is 15.1. The van der Waals surface area contributed by atoms with E-state index < -0.39 is 0 Å². The Labute approximate surface area is 852 Å². The average molecular weight is 1890 g/mol. The molecule has 0 unspecified atom stereocenters. The van der Waals surface area contributed by atoms with Crippen molar-refractivity contribution in [2.45, 2.75) is 0 Å². The molecule has 0 aliphatic carbocycles. The molecule has 20 aromatic carbocycles. The number of benzene rings is 20. The maximum absolute atomic E-state index is 5.16. The lowest BCUT2D eigenvalue weighted by Gasteiger charge is -2.12. The van der Waals surface area contributed by atoms with Crippen LogP contribution in [-0.2, 0) is 0 Å². The minimum absolute atomic E-state index is 0.626. The van der Waals surface area contributed by atoms with E-state index in [-0.39, 0.29) is 0 Å². The number of hydrogen-bond donors (Lipinski definition) is 0. The van der Waals surface area contributed by atoms with Crippen LogP contribution in [0, 0.1) is 0 Å². The molecule has 148 heavy (non-hydrogen) atoms. The van der Waals surface area contributed by atoms with Crippen LogP contribution in [0.25, 0.3) is 268 Å². The van der Waals surface area contributed by atoms with Gasteiger partial charge in [0.1, 0.15) is 0 Å². The van der Waals surface area contributed by atoms with Crippen molar-refractivity contribution in [1.29, 1.82) is 0 Å². The first-order chi connectivity index (χ1) is 73.3. The monoisotopic (exact) mass is 1890 g/mol. The predicted octanol–water partition coefficient (Wildman–Crippen LogP) is 33.0. The summed E-state index contributed by atoms with van der Waals surface area (Å²) in [6, 6.07) is 183. The molecular weight excluding hydrogens is 1810 g/mol. The minimum atomic E-state index is 0.626. The van der Waals surface area contributed by atoms with Crippen LogP contribution in [-0.4, -0.2) is 68.1 Å². The molecule has 14 heteroatoms. The van der Waals surface area contributed by atoms with E-state index in [1.807, 2.05) is 182 Å². The molecule has 0 aliphatic rings. The van der Waals surface area contributed by atoms with Crippen molar-refractivity contribution in [2.75, 3.05) is 0 Å². The van der Waals surface area contributed by atoms with Crippen molar-refractivity contribution in [3.8, 4) is 181 Å². The van der Waals surface area contributed by atoms with Gasteiger partial charge in [0.25, 0.3) is 0 Å². The first kappa shape index (κ1) is 86.8. The maximum Gasteiger partial charge on any atom is 0.164 e. The highest BCUT2D eigenvalue weighted by Crippen LogP contribution is 2.45. The summed E-state index contributed by atoms with van der Waals surface area (Å²) in [6.45, 7) is 0. The lowest BCUT2D eigenvalue weighted by Crippen LogP contribution is -2.00. The van der Waals surface area contributed by atoms with E-state index in [9.17, 15) is 0 Å². The molecule has 0 bridgehead atoms. The molecule has 28 aromatic rings. The fraction of sp³-hybridized carbons (Fsp3) is 0. The summed E-state index contributed by atoms with van der Waals surface area (Å²) < 4.78 is 9.46. The lowest BCUT2D eigenvalue weighted by molar-refractivity contribution is 1.07. The molecule has 0 atom stereocenters. The third-order valence-electron chi connectivity index (χ3n) is 28.0. The van der Waals surface area contributed by atoms with Crippen molar-refractivity contribution < 1.29 is 0 Å². The van der Waals surface area contributed by atoms with Gasteiger partial charge in [0.05, 0.1) is 66.9 Å². The fourth-order valence-corrected chi connectivity index (χ4v) is 20.8. The number of fused-ring (bicyclic) bond motifs is 12. The molecule has 28 rings (SSSR count). The quantitative estimate of drug-likeness (QED) is 0.0813. The van der Waals surface area contributed by atoms with Gasteiger partial charge in [0.2, 0.25) is 0 Å². The summed E-state index contributed by atoms with van der Waals surface area (Å²) in [5.74, 6) is 5.21. The molecule has 0 saturated carbocycles. The molecule has 692 valence electrons. The van der Waals surface area contributed by atoms with Gasteiger partial charge in [0.15, 0.2) is 46.6 Å². The highest BCUT2D eigenvalue weighted by Gasteiger charge is 2.25. The first-order valence-corrected chi connectivity index (χ1v) is 49.6. The first-order valence-electron chi connectivity index (χ1n) is 49.6. The van der Waals surface area contributed by atoms with E-state index in [1.165, 1.54) is 43.1 Å². The van der Waals surface area contributed by atoms with Gasteiger partial charge in [-0.25, -0.2) is 49.8 Å². The van der Waals surface area contributed by atoms with Gasteiger partial charge >= 0.3 is 0 Å². The highest BCUT2D eigenvalue weighted by molar-refractivity contribution is 6.15. The molecule has 0 fully saturated rings. The van der Waals surface area contributed by atoms with Crippen LogP contribution in [0.2, 0.25) is 0 Å². The zero-order valence-corrected chi connectivity index (χ0v) is 79.9. The Hall–Kier alpha value is -20.2. The SMILES string of the molecule is c1ccc(-c2cc(-c3ccc(-n4c5ccccc5c5cc(-c6ccc7c(c6)c6ccccc6n7-c6cccc(-c7cc(-c8ccccc8)nc(-c8ccccc8)n7)c6)ccc54)cc3)nc(-c3ccccc3)n2)cc1.c1ccc(-c2nc(-c3ccccc3)nc(-c3ccc(-n4c5ccccc5c5cc(-c6ccc7c(c6)c6ccccc6n7-c6ccc(-c7nc(-c8ccccc8)nc(-c8ccccc8)n7)cc6)ccc54)cc3)n2)cc1. The predicted molar refractivity (Wildman–Crippen MR) is 604 cm³/mol. The van der Waals surface area contributed by atoms with Gasteiger partial charge in [-0.05, 0) is 180 Å². The Morgan fingerprint density at radius 3 is 0.547 bits per heavy atom. The average Bonchev–Trinajstić information content (AvgIpc) is 1.58. The largest absolute Gasteiger partial charge is 0.309 e. The Morgan fingerprint density at radius 1 is 0.101 bits per heavy atom. The molecule has 0 spiro atoms. The van der Waals surface area contributed by atoms with Crippen LogP contribution in [0.5, 0.6) is 0 Å². The van der Waals surface area contributed by atoms with Crippen LogP contribution < -0.4 is 0 Å². The Bertz CT molecular complexity index is 9400. The molecular formula is C134H86N14. The normalized spacial score (nSPS) is 11.5. The van der Waals surface area contributed by atoms with E-state index >= 15 is 0 Å². The van der Waals surface area contributed by atoms with Crippen LogP contribution in [0.1, 0.15) is 0 Å². The second-order valence-corrected chi connectivity index (χ2v) is 37.0. The van der Waals surface area contributed by atoms with Crippen molar-refractivity contribution in [1.82, 2.24) is 68.1 Å². The smallest absolute Gasteiger partial charge is 0.164 e. The molecule has 8 aromatic heterocycles. The standard InChI is InChI=1S/C68H44N6.C66H42N8/c1-5-18-45(19-6-1)59-43-61(71-67(69-59)48-22-9-3-10-23-48)47-32-36-53(37-33-47)73-63-30-15-13-28-55(63)57-41-50(34-38-65(57)73)51-35-39-66-58(42-51)56-29-14-16-31-64(56)74(66)54-27-17-26-52(40-54)62-44-60(46-20-7-2-8-21-46)70-68(72-62)49-24-11-4-12-25-49;1-5-17-43(18-6-1)61-67-62(44-19-7-2-8-20-44)70-65(69-61)47-29-35-51(36-30-47)73-57-27-15-13-25-53(57)55-41-49(33-39-59(55)73)50-34-40-60-56(42-50)54-26-14-16-28-58(54)74(60)52-37-31-48(32-38-52)66-71-63(45-21-9-3-10-22-45)68-64(72-66)46-23-11-4-12-24-46/h1-44H;1-42H. The van der Waals surface area contributed by atoms with Crippen LogP contribution in [0.3, 0.4) is 0 Å². The molecule has 0 amide bonds. The van der Waals surface area contributed by atoms with E-state index in [0.717, 1.165) is 179 Å². The summed E-state index contributed by atoms with van der Waals surface area (Å²) in [7, 11) is 0. The number of hydrogen-bond acceptors (Lipinski definition) is 10. The number of aromatic nitrogens is 14. The van der Waals surface area contributed by atoms with E-state index in [1.54, 1.807) is 0 Å². The van der Waals surface area contributed by atoms with Crippen molar-refractivity contribution in [3.05, 3.63) is 522 Å². The van der Waals surface area contributed by atoms with Gasteiger partial charge in [-0.15, -0.1) is 0 Å². The Morgan fingerprint density at radius 2 is 0.284 bits per heavy atom. The second-order valence-electron chi connectivity index (χ2n) is 37.0. The number of nitrogens with zero attached hydrogens (tertiary/aromatic N) is 14. The lowest BCUT2D eigenvalue weighted by atomic mass is 10.0. The second kappa shape index (κ2) is 37.3. The van der Waals surface area contributed by atoms with Gasteiger partial charge in [0, 0.05) is 133 Å². The summed E-state index contributed by atoms with van der Waals surface area (Å²) >= 11 is 0. The van der Waals surface area contributed by atoms with Crippen LogP contribution >= 0.6 is 0 Å². The van der Waals surface area contributed by atoms with Gasteiger partial charge in [-0.2, -0.15) is 0 Å². The molecule has 0 N–H and O–H groups in total. The summed E-state index contributed by atoms with van der Waals surface area (Å²) in [5, 5.41) is 9.56. The number of rotatable bonds is 18. The Balaban J connectivity index is 0.000000146. The molecule has 8 heterocycles. The van der Waals surface area contributed by atoms with E-state index in [2.05, 4.69) is 358 Å². The van der Waals surface area contributed by atoms with E-state index in [4.69, 9.17) is 49.8 Å². The van der Waals surface area contributed by atoms with Gasteiger partial charge < -0.3 is 18.3 Å². The van der Waals surface area contributed by atoms with Crippen LogP contribution in [0.4, 0.5) is 0 Å². The number of para-hydroxylation sites is 4. The van der Waals surface area contributed by atoms with Gasteiger partial charge in [-0.3, -0.25) is 0 Å². The summed E-state index contributed by atoms with van der Waals surface area (Å²) in [4.78, 5) is 50.0. The third kappa shape index (κ3) is 16.2. The van der Waals surface area contributed by atoms with E-state index in [0.29, 0.717) is 46.6 Å². The molecule has 0 radical (unpaired) electrons. The Kier molecular flexibility index (Phi) is 21.9. The zero-order valence-electron chi connectivity index (χ0n) is 79.9. The molecule has 0 aliphatic heterocycles. The zero-order chi connectivity index (χ0) is 97.9.